The maximum atomic E-state index is 15.5. The number of benzene rings is 1. The van der Waals surface area contributed by atoms with Crippen LogP contribution in [0.2, 0.25) is 0 Å². The molecule has 42 heavy (non-hydrogen) atoms. The lowest BCUT2D eigenvalue weighted by Gasteiger charge is -2.49. The summed E-state index contributed by atoms with van der Waals surface area (Å²) in [5, 5.41) is 48.0. The molecule has 1 aromatic rings. The zero-order chi connectivity index (χ0) is 30.5. The zero-order valence-corrected chi connectivity index (χ0v) is 23.5. The molecule has 0 radical (unpaired) electrons. The van der Waals surface area contributed by atoms with Gasteiger partial charge >= 0.3 is 0 Å². The number of likely N-dealkylation sites (tertiary alicyclic amines) is 1. The Kier molecular flexibility index (Phi) is 8.18. The van der Waals surface area contributed by atoms with E-state index in [0.717, 1.165) is 32.0 Å². The predicted octanol–water partition coefficient (Wildman–Crippen LogP) is 0.967. The van der Waals surface area contributed by atoms with Crippen molar-refractivity contribution < 1.29 is 44.0 Å². The lowest BCUT2D eigenvalue weighted by Crippen LogP contribution is -2.66. The molecule has 4 aliphatic rings. The molecule has 5 rings (SSSR count). The third-order valence-corrected chi connectivity index (χ3v) is 9.15. The van der Waals surface area contributed by atoms with Crippen LogP contribution >= 0.6 is 11.6 Å². The lowest BCUT2D eigenvalue weighted by molar-refractivity contribution is -0.150. The fraction of sp³-hybridized carbons (Fsp3) is 0.517. The summed E-state index contributed by atoms with van der Waals surface area (Å²) in [4.78, 5) is 53.9. The van der Waals surface area contributed by atoms with E-state index < -0.39 is 69.6 Å². The number of carbonyl (C=O) groups is 4. The smallest absolute Gasteiger partial charge is 0.255 e. The van der Waals surface area contributed by atoms with Gasteiger partial charge in [-0.15, -0.1) is 11.6 Å². The van der Waals surface area contributed by atoms with E-state index in [1.54, 1.807) is 0 Å². The Labute approximate surface area is 245 Å². The minimum Gasteiger partial charge on any atom is -0.508 e. The minimum atomic E-state index is -2.81. The number of nitrogens with one attached hydrogen (secondary N) is 1. The first-order chi connectivity index (χ1) is 19.9. The first-order valence-corrected chi connectivity index (χ1v) is 14.5. The van der Waals surface area contributed by atoms with Crippen molar-refractivity contribution in [2.24, 2.45) is 17.6 Å². The Balaban J connectivity index is 1.56. The fourth-order valence-electron chi connectivity index (χ4n) is 6.90. The summed E-state index contributed by atoms with van der Waals surface area (Å²) in [5.74, 6) is -9.05. The highest BCUT2D eigenvalue weighted by Gasteiger charge is 2.63. The van der Waals surface area contributed by atoms with Gasteiger partial charge in [0.25, 0.3) is 5.91 Å². The van der Waals surface area contributed by atoms with Gasteiger partial charge in [-0.3, -0.25) is 24.1 Å². The van der Waals surface area contributed by atoms with E-state index in [0.29, 0.717) is 6.42 Å². The number of Topliss-reactive ketones (excluding diaryl/α,β-unsaturated/α-hetero) is 3. The molecule has 0 bridgehead atoms. The predicted molar refractivity (Wildman–Crippen MR) is 148 cm³/mol. The van der Waals surface area contributed by atoms with E-state index in [4.69, 9.17) is 17.3 Å². The molecule has 1 aliphatic heterocycles. The number of rotatable bonds is 9. The monoisotopic (exact) mass is 605 g/mol. The van der Waals surface area contributed by atoms with Gasteiger partial charge in [-0.05, 0) is 63.7 Å². The topological polar surface area (TPSA) is 190 Å². The van der Waals surface area contributed by atoms with E-state index in [9.17, 15) is 39.6 Å². The number of hydrogen-bond donors (Lipinski definition) is 6. The summed E-state index contributed by atoms with van der Waals surface area (Å²) in [7, 11) is 0. The standard InChI is InChI=1S/C29H33ClFN3O8/c30-4-3-5-33-22-17-10-13-9-16-18(31)11-14(8-15(35)12-34-6-1-2-7-34)23(36)20(16)24(37)19(13)26(39)29(17,42)27(40)21(25(22)38)28(32)41/h11,13,17,22,33,36-37,40,42H,1-10,12H2,(H2,32,41)/t13-,17-,22-,29-/m0/s1. The van der Waals surface area contributed by atoms with E-state index in [1.165, 1.54) is 0 Å². The van der Waals surface area contributed by atoms with E-state index in [2.05, 4.69) is 5.32 Å². The van der Waals surface area contributed by atoms with Crippen LogP contribution in [0, 0.1) is 17.7 Å². The Morgan fingerprint density at radius 3 is 2.52 bits per heavy atom. The van der Waals surface area contributed by atoms with Crippen molar-refractivity contribution in [3.63, 3.8) is 0 Å². The molecule has 1 amide bonds. The first-order valence-electron chi connectivity index (χ1n) is 14.0. The molecule has 1 heterocycles. The number of aliphatic hydroxyl groups is 3. The number of carbonyl (C=O) groups excluding carboxylic acids is 4. The Hall–Kier alpha value is -3.32. The fourth-order valence-corrected chi connectivity index (χ4v) is 7.04. The Morgan fingerprint density at radius 2 is 1.88 bits per heavy atom. The van der Waals surface area contributed by atoms with E-state index in [-0.39, 0.29) is 66.3 Å². The van der Waals surface area contributed by atoms with Crippen molar-refractivity contribution in [1.29, 1.82) is 0 Å². The van der Waals surface area contributed by atoms with Crippen molar-refractivity contribution in [2.75, 3.05) is 32.1 Å². The average molecular weight is 606 g/mol. The van der Waals surface area contributed by atoms with Crippen molar-refractivity contribution >= 4 is 40.6 Å². The van der Waals surface area contributed by atoms with Crippen LogP contribution in [0.25, 0.3) is 5.76 Å². The quantitative estimate of drug-likeness (QED) is 0.134. The molecule has 3 aliphatic carbocycles. The summed E-state index contributed by atoms with van der Waals surface area (Å²) >= 11 is 5.74. The number of phenolic OH excluding ortho intramolecular Hbond substituents is 1. The summed E-state index contributed by atoms with van der Waals surface area (Å²) < 4.78 is 15.5. The molecule has 13 heteroatoms. The number of nitrogens with zero attached hydrogens (tertiary/aromatic N) is 1. The highest BCUT2D eigenvalue weighted by molar-refractivity contribution is 6.24. The minimum absolute atomic E-state index is 0.0635. The van der Waals surface area contributed by atoms with Gasteiger partial charge < -0.3 is 31.5 Å². The molecule has 226 valence electrons. The second-order valence-electron chi connectivity index (χ2n) is 11.4. The number of alkyl halides is 1. The molecule has 11 nitrogen and oxygen atoms in total. The molecule has 1 aromatic carbocycles. The van der Waals surface area contributed by atoms with Gasteiger partial charge in [-0.2, -0.15) is 0 Å². The van der Waals surface area contributed by atoms with Crippen LogP contribution in [0.3, 0.4) is 0 Å². The zero-order valence-electron chi connectivity index (χ0n) is 22.8. The van der Waals surface area contributed by atoms with Gasteiger partial charge in [0.05, 0.1) is 18.2 Å². The SMILES string of the molecule is NC(=O)C1=C(O)[C@@]2(O)C(=O)C3=C(O)c4c(O)c(CC(=O)CN5CCCC5)cc(F)c4C[C@H]3C[C@H]2[C@H](NCCCCl)C1=O. The van der Waals surface area contributed by atoms with Crippen LogP contribution in [-0.2, 0) is 32.0 Å². The second-order valence-corrected chi connectivity index (χ2v) is 11.8. The van der Waals surface area contributed by atoms with Gasteiger partial charge in [0, 0.05) is 34.9 Å². The number of aromatic hydroxyl groups is 1. The Bertz CT molecular complexity index is 1440. The van der Waals surface area contributed by atoms with Gasteiger partial charge in [0.1, 0.15) is 28.7 Å². The molecule has 0 spiro atoms. The van der Waals surface area contributed by atoms with E-state index in [1.807, 2.05) is 4.90 Å². The number of fused-ring (bicyclic) bond motifs is 3. The third kappa shape index (κ3) is 4.80. The van der Waals surface area contributed by atoms with Gasteiger partial charge in [0.2, 0.25) is 5.78 Å². The molecular weight excluding hydrogens is 573 g/mol. The highest BCUT2D eigenvalue weighted by Crippen LogP contribution is 2.52. The number of amides is 1. The molecule has 1 saturated heterocycles. The molecule has 4 atom stereocenters. The normalized spacial score (nSPS) is 27.6. The highest BCUT2D eigenvalue weighted by atomic mass is 35.5. The number of phenols is 1. The van der Waals surface area contributed by atoms with Gasteiger partial charge in [-0.25, -0.2) is 4.39 Å². The van der Waals surface area contributed by atoms with E-state index >= 15 is 4.39 Å². The maximum absolute atomic E-state index is 15.5. The van der Waals surface area contributed by atoms with Crippen LogP contribution in [-0.4, -0.2) is 92.3 Å². The van der Waals surface area contributed by atoms with Crippen molar-refractivity contribution in [1.82, 2.24) is 10.2 Å². The number of hydrogen-bond acceptors (Lipinski definition) is 10. The van der Waals surface area contributed by atoms with Crippen molar-refractivity contribution in [3.8, 4) is 5.75 Å². The molecular formula is C29H33ClFN3O8. The van der Waals surface area contributed by atoms with Crippen LogP contribution < -0.4 is 11.1 Å². The van der Waals surface area contributed by atoms with Crippen LogP contribution in [0.4, 0.5) is 4.39 Å². The summed E-state index contributed by atoms with van der Waals surface area (Å²) in [5.41, 5.74) is 0.683. The Morgan fingerprint density at radius 1 is 1.19 bits per heavy atom. The number of halogens is 2. The lowest BCUT2D eigenvalue weighted by atomic mass is 9.57. The number of aliphatic hydroxyl groups excluding tert-OH is 2. The van der Waals surface area contributed by atoms with Crippen molar-refractivity contribution in [2.45, 2.75) is 50.2 Å². The molecule has 2 fully saturated rings. The molecule has 1 saturated carbocycles. The van der Waals surface area contributed by atoms with Crippen LogP contribution in [0.1, 0.15) is 42.4 Å². The molecule has 0 aromatic heterocycles. The number of ketones is 3. The van der Waals surface area contributed by atoms with Gasteiger partial charge in [0.15, 0.2) is 17.2 Å². The van der Waals surface area contributed by atoms with Crippen molar-refractivity contribution in [3.05, 3.63) is 45.5 Å². The third-order valence-electron chi connectivity index (χ3n) is 8.88. The summed E-state index contributed by atoms with van der Waals surface area (Å²) in [6, 6.07) is -0.267. The first kappa shape index (κ1) is 30.1. The van der Waals surface area contributed by atoms with Crippen LogP contribution in [0.15, 0.2) is 23.0 Å². The maximum Gasteiger partial charge on any atom is 0.255 e. The molecule has 7 N–H and O–H groups in total. The second kappa shape index (κ2) is 11.4. The average Bonchev–Trinajstić information content (AvgIpc) is 3.43. The van der Waals surface area contributed by atoms with Gasteiger partial charge in [-0.1, -0.05) is 0 Å². The summed E-state index contributed by atoms with van der Waals surface area (Å²) in [6.07, 6.45) is 1.70. The number of primary amides is 1. The molecule has 0 unspecified atom stereocenters. The largest absolute Gasteiger partial charge is 0.508 e. The van der Waals surface area contributed by atoms with Crippen LogP contribution in [0.5, 0.6) is 5.75 Å². The number of nitrogens with two attached hydrogens (primary N) is 1. The summed E-state index contributed by atoms with van der Waals surface area (Å²) in [6.45, 7) is 1.84.